The van der Waals surface area contributed by atoms with E-state index in [9.17, 15) is 9.90 Å². The molecular formula is C23H30N2O3. The number of ether oxygens (including phenoxy) is 1. The second-order valence-corrected chi connectivity index (χ2v) is 7.84. The molecule has 5 heteroatoms. The third-order valence-electron chi connectivity index (χ3n) is 5.67. The first-order chi connectivity index (χ1) is 13.4. The second kappa shape index (κ2) is 8.76. The van der Waals surface area contributed by atoms with Crippen LogP contribution in [-0.2, 0) is 11.3 Å². The fourth-order valence-corrected chi connectivity index (χ4v) is 4.11. The van der Waals surface area contributed by atoms with Gasteiger partial charge < -0.3 is 20.5 Å². The Kier molecular flexibility index (Phi) is 6.37. The van der Waals surface area contributed by atoms with Crippen LogP contribution in [0, 0.1) is 5.92 Å². The Morgan fingerprint density at radius 2 is 1.93 bits per heavy atom. The van der Waals surface area contributed by atoms with E-state index in [1.165, 1.54) is 5.56 Å². The summed E-state index contributed by atoms with van der Waals surface area (Å²) in [6.07, 6.45) is 0. The van der Waals surface area contributed by atoms with Gasteiger partial charge in [0, 0.05) is 30.2 Å². The fourth-order valence-electron chi connectivity index (χ4n) is 4.11. The van der Waals surface area contributed by atoms with Crippen LogP contribution in [0.2, 0.25) is 0 Å². The Balaban J connectivity index is 1.87. The molecule has 150 valence electrons. The molecule has 28 heavy (non-hydrogen) atoms. The number of rotatable bonds is 7. The van der Waals surface area contributed by atoms with Crippen LogP contribution in [0.5, 0.6) is 5.75 Å². The highest BCUT2D eigenvalue weighted by Crippen LogP contribution is 2.33. The summed E-state index contributed by atoms with van der Waals surface area (Å²) in [5.74, 6) is -0.0518. The third-order valence-corrected chi connectivity index (χ3v) is 5.67. The lowest BCUT2D eigenvalue weighted by Crippen LogP contribution is -2.41. The van der Waals surface area contributed by atoms with E-state index in [4.69, 9.17) is 4.74 Å². The molecule has 0 saturated carbocycles. The summed E-state index contributed by atoms with van der Waals surface area (Å²) in [7, 11) is 1.67. The smallest absolute Gasteiger partial charge is 0.309 e. The molecular weight excluding hydrogens is 352 g/mol. The summed E-state index contributed by atoms with van der Waals surface area (Å²) in [4.78, 5) is 12.0. The topological polar surface area (TPSA) is 70.6 Å². The number of carboxylic acid groups (broad SMARTS) is 1. The van der Waals surface area contributed by atoms with Crippen molar-refractivity contribution in [2.24, 2.45) is 5.92 Å². The van der Waals surface area contributed by atoms with Crippen molar-refractivity contribution in [3.05, 3.63) is 65.2 Å². The van der Waals surface area contributed by atoms with E-state index < -0.39 is 11.9 Å². The maximum atomic E-state index is 12.0. The van der Waals surface area contributed by atoms with Crippen LogP contribution >= 0.6 is 0 Å². The Labute approximate surface area is 167 Å². The van der Waals surface area contributed by atoms with Crippen LogP contribution < -0.4 is 15.4 Å². The molecule has 1 aliphatic heterocycles. The minimum atomic E-state index is -0.779. The zero-order valence-corrected chi connectivity index (χ0v) is 17.0. The first-order valence-electron chi connectivity index (χ1n) is 9.86. The minimum absolute atomic E-state index is 0.0587. The minimum Gasteiger partial charge on any atom is -0.496 e. The van der Waals surface area contributed by atoms with Crippen molar-refractivity contribution in [3.8, 4) is 5.75 Å². The highest BCUT2D eigenvalue weighted by molar-refractivity contribution is 5.72. The highest BCUT2D eigenvalue weighted by atomic mass is 16.5. The summed E-state index contributed by atoms with van der Waals surface area (Å²) >= 11 is 0. The van der Waals surface area contributed by atoms with Crippen molar-refractivity contribution in [1.82, 2.24) is 10.6 Å². The molecule has 2 aromatic carbocycles. The van der Waals surface area contributed by atoms with E-state index >= 15 is 0 Å². The van der Waals surface area contributed by atoms with E-state index in [1.54, 1.807) is 7.11 Å². The Bertz CT molecular complexity index is 807. The van der Waals surface area contributed by atoms with Gasteiger partial charge in [0.1, 0.15) is 5.75 Å². The van der Waals surface area contributed by atoms with Crippen molar-refractivity contribution >= 4 is 5.97 Å². The molecule has 0 aliphatic carbocycles. The Morgan fingerprint density at radius 1 is 1.21 bits per heavy atom. The van der Waals surface area contributed by atoms with Gasteiger partial charge in [-0.1, -0.05) is 56.3 Å². The summed E-state index contributed by atoms with van der Waals surface area (Å²) in [6.45, 7) is 6.81. The molecule has 0 bridgehead atoms. The van der Waals surface area contributed by atoms with Crippen LogP contribution in [0.25, 0.3) is 0 Å². The standard InChI is InChI=1S/C23H30N2O3/c1-14(2)17-10-11-19(28-4)18(12-17)13-24-22-20(23(26)27)15(3)25-21(22)16-8-6-5-7-9-16/h5-12,14-15,20-22,24-25H,13H2,1-4H3,(H,26,27)/t15-,20+,21+,22+/m1/s1. The van der Waals surface area contributed by atoms with Crippen molar-refractivity contribution in [3.63, 3.8) is 0 Å². The van der Waals surface area contributed by atoms with E-state index in [0.29, 0.717) is 12.5 Å². The summed E-state index contributed by atoms with van der Waals surface area (Å²) in [5, 5.41) is 16.8. The van der Waals surface area contributed by atoms with Crippen molar-refractivity contribution in [1.29, 1.82) is 0 Å². The summed E-state index contributed by atoms with van der Waals surface area (Å²) in [5.41, 5.74) is 3.38. The SMILES string of the molecule is COc1ccc(C(C)C)cc1CN[C@H]1[C@@H](C(=O)O)[C@@H](C)N[C@H]1c1ccccc1. The molecule has 0 amide bonds. The molecule has 2 aromatic rings. The van der Waals surface area contributed by atoms with Crippen molar-refractivity contribution < 1.29 is 14.6 Å². The number of hydrogen-bond acceptors (Lipinski definition) is 4. The number of benzene rings is 2. The predicted octanol–water partition coefficient (Wildman–Crippen LogP) is 3.71. The van der Waals surface area contributed by atoms with E-state index in [2.05, 4.69) is 36.6 Å². The first kappa shape index (κ1) is 20.4. The maximum Gasteiger partial charge on any atom is 0.309 e. The van der Waals surface area contributed by atoms with Crippen LogP contribution in [-0.4, -0.2) is 30.3 Å². The van der Waals surface area contributed by atoms with Gasteiger partial charge in [0.25, 0.3) is 0 Å². The Hall–Kier alpha value is -2.37. The van der Waals surface area contributed by atoms with E-state index in [-0.39, 0.29) is 18.1 Å². The summed E-state index contributed by atoms with van der Waals surface area (Å²) < 4.78 is 5.53. The zero-order valence-electron chi connectivity index (χ0n) is 17.0. The van der Waals surface area contributed by atoms with Crippen LogP contribution in [0.3, 0.4) is 0 Å². The maximum absolute atomic E-state index is 12.0. The largest absolute Gasteiger partial charge is 0.496 e. The summed E-state index contributed by atoms with van der Waals surface area (Å²) in [6, 6.07) is 15.9. The van der Waals surface area contributed by atoms with Crippen LogP contribution in [0.15, 0.2) is 48.5 Å². The molecule has 0 spiro atoms. The van der Waals surface area contributed by atoms with Crippen molar-refractivity contribution in [2.45, 2.75) is 51.4 Å². The quantitative estimate of drug-likeness (QED) is 0.681. The highest BCUT2D eigenvalue weighted by Gasteiger charge is 2.45. The number of nitrogens with one attached hydrogen (secondary N) is 2. The number of carbonyl (C=O) groups is 1. The molecule has 0 unspecified atom stereocenters. The van der Waals surface area contributed by atoms with Gasteiger partial charge in [0.2, 0.25) is 0 Å². The molecule has 1 fully saturated rings. The number of carboxylic acids is 1. The van der Waals surface area contributed by atoms with E-state index in [1.807, 2.05) is 43.3 Å². The third kappa shape index (κ3) is 4.21. The van der Waals surface area contributed by atoms with Gasteiger partial charge in [-0.3, -0.25) is 4.79 Å². The average molecular weight is 383 g/mol. The molecule has 3 N–H and O–H groups in total. The van der Waals surface area contributed by atoms with Crippen LogP contribution in [0.4, 0.5) is 0 Å². The molecule has 3 rings (SSSR count). The zero-order chi connectivity index (χ0) is 20.3. The fraction of sp³-hybridized carbons (Fsp3) is 0.435. The number of aliphatic carboxylic acids is 1. The lowest BCUT2D eigenvalue weighted by atomic mass is 9.91. The lowest BCUT2D eigenvalue weighted by Gasteiger charge is -2.25. The molecule has 5 nitrogen and oxygen atoms in total. The van der Waals surface area contributed by atoms with Gasteiger partial charge in [-0.05, 0) is 30.0 Å². The molecule has 1 aliphatic rings. The number of methoxy groups -OCH3 is 1. The van der Waals surface area contributed by atoms with Gasteiger partial charge in [0.05, 0.1) is 13.0 Å². The first-order valence-corrected chi connectivity index (χ1v) is 9.86. The van der Waals surface area contributed by atoms with Gasteiger partial charge in [0.15, 0.2) is 0 Å². The van der Waals surface area contributed by atoms with Crippen molar-refractivity contribution in [2.75, 3.05) is 7.11 Å². The lowest BCUT2D eigenvalue weighted by molar-refractivity contribution is -0.142. The molecule has 0 aromatic heterocycles. The molecule has 1 heterocycles. The van der Waals surface area contributed by atoms with E-state index in [0.717, 1.165) is 16.9 Å². The van der Waals surface area contributed by atoms with Gasteiger partial charge >= 0.3 is 5.97 Å². The predicted molar refractivity (Wildman–Crippen MR) is 111 cm³/mol. The monoisotopic (exact) mass is 382 g/mol. The van der Waals surface area contributed by atoms with Gasteiger partial charge in [-0.15, -0.1) is 0 Å². The van der Waals surface area contributed by atoms with Crippen LogP contribution in [0.1, 0.15) is 49.4 Å². The Morgan fingerprint density at radius 3 is 2.54 bits per heavy atom. The van der Waals surface area contributed by atoms with Gasteiger partial charge in [-0.25, -0.2) is 0 Å². The number of hydrogen-bond donors (Lipinski definition) is 3. The molecule has 4 atom stereocenters. The molecule has 1 saturated heterocycles. The second-order valence-electron chi connectivity index (χ2n) is 7.84. The van der Waals surface area contributed by atoms with Gasteiger partial charge in [-0.2, -0.15) is 0 Å². The normalized spacial score (nSPS) is 24.5. The molecule has 0 radical (unpaired) electrons. The average Bonchev–Trinajstić information content (AvgIpc) is 3.03.